The van der Waals surface area contributed by atoms with Crippen LogP contribution in [0.2, 0.25) is 0 Å². The van der Waals surface area contributed by atoms with E-state index in [0.717, 1.165) is 47.2 Å². The molecule has 0 saturated heterocycles. The molecule has 7 heteroatoms. The SMILES string of the molecule is CCNC(=NCc1oc2ccc(F)cc2c1C)NCCc1ncc(C)s1. The summed E-state index contributed by atoms with van der Waals surface area (Å²) < 4.78 is 19.2. The van der Waals surface area contributed by atoms with Crippen molar-refractivity contribution in [1.29, 1.82) is 0 Å². The van der Waals surface area contributed by atoms with Crippen LogP contribution in [0.15, 0.2) is 33.8 Å². The molecule has 3 aromatic rings. The highest BCUT2D eigenvalue weighted by atomic mass is 32.1. The Hall–Kier alpha value is -2.41. The first-order chi connectivity index (χ1) is 12.6. The molecule has 1 aromatic carbocycles. The van der Waals surface area contributed by atoms with E-state index in [4.69, 9.17) is 4.42 Å². The van der Waals surface area contributed by atoms with E-state index in [1.54, 1.807) is 17.4 Å². The predicted octanol–water partition coefficient (Wildman–Crippen LogP) is 3.94. The number of nitrogens with one attached hydrogen (secondary N) is 2. The van der Waals surface area contributed by atoms with Gasteiger partial charge in [-0.1, -0.05) is 0 Å². The van der Waals surface area contributed by atoms with Crippen LogP contribution in [0.1, 0.15) is 28.1 Å². The molecule has 138 valence electrons. The topological polar surface area (TPSA) is 62.5 Å². The molecule has 0 saturated carbocycles. The van der Waals surface area contributed by atoms with Crippen LogP contribution < -0.4 is 10.6 Å². The summed E-state index contributed by atoms with van der Waals surface area (Å²) in [6.07, 6.45) is 2.75. The molecule has 0 bridgehead atoms. The van der Waals surface area contributed by atoms with Gasteiger partial charge in [0.1, 0.15) is 23.7 Å². The molecule has 0 atom stereocenters. The van der Waals surface area contributed by atoms with Crippen molar-refractivity contribution < 1.29 is 8.81 Å². The lowest BCUT2D eigenvalue weighted by Gasteiger charge is -2.10. The number of hydrogen-bond acceptors (Lipinski definition) is 4. The van der Waals surface area contributed by atoms with Gasteiger partial charge in [0.25, 0.3) is 0 Å². The first-order valence-corrected chi connectivity index (χ1v) is 9.49. The molecule has 2 heterocycles. The molecule has 0 spiro atoms. The number of benzene rings is 1. The molecule has 2 aromatic heterocycles. The van der Waals surface area contributed by atoms with Crippen molar-refractivity contribution in [2.75, 3.05) is 13.1 Å². The van der Waals surface area contributed by atoms with E-state index in [2.05, 4.69) is 27.5 Å². The maximum absolute atomic E-state index is 13.4. The Morgan fingerprint density at radius 2 is 2.15 bits per heavy atom. The van der Waals surface area contributed by atoms with E-state index in [9.17, 15) is 4.39 Å². The molecule has 2 N–H and O–H groups in total. The Morgan fingerprint density at radius 3 is 2.88 bits per heavy atom. The van der Waals surface area contributed by atoms with Crippen LogP contribution >= 0.6 is 11.3 Å². The fraction of sp³-hybridized carbons (Fsp3) is 0.368. The number of furan rings is 1. The van der Waals surface area contributed by atoms with Gasteiger partial charge in [0.05, 0.1) is 5.01 Å². The summed E-state index contributed by atoms with van der Waals surface area (Å²) in [5, 5.41) is 8.45. The monoisotopic (exact) mass is 374 g/mol. The summed E-state index contributed by atoms with van der Waals surface area (Å²) in [5.41, 5.74) is 1.61. The van der Waals surface area contributed by atoms with Crippen molar-refractivity contribution in [3.63, 3.8) is 0 Å². The van der Waals surface area contributed by atoms with Crippen molar-refractivity contribution in [1.82, 2.24) is 15.6 Å². The van der Waals surface area contributed by atoms with Gasteiger partial charge < -0.3 is 15.1 Å². The Bertz CT molecular complexity index is 916. The molecule has 5 nitrogen and oxygen atoms in total. The third-order valence-corrected chi connectivity index (χ3v) is 5.00. The number of fused-ring (bicyclic) bond motifs is 1. The number of aryl methyl sites for hydroxylation is 2. The number of thiazole rings is 1. The largest absolute Gasteiger partial charge is 0.459 e. The van der Waals surface area contributed by atoms with Crippen LogP contribution in [0.4, 0.5) is 4.39 Å². The number of rotatable bonds is 6. The Morgan fingerprint density at radius 1 is 1.31 bits per heavy atom. The maximum Gasteiger partial charge on any atom is 0.191 e. The molecule has 3 rings (SSSR count). The molecule has 0 aliphatic rings. The van der Waals surface area contributed by atoms with Crippen LogP contribution in [0.25, 0.3) is 11.0 Å². The average molecular weight is 374 g/mol. The highest BCUT2D eigenvalue weighted by Gasteiger charge is 2.11. The molecule has 26 heavy (non-hydrogen) atoms. The van der Waals surface area contributed by atoms with Crippen molar-refractivity contribution >= 4 is 28.3 Å². The number of guanidine groups is 1. The molecule has 0 radical (unpaired) electrons. The van der Waals surface area contributed by atoms with Gasteiger partial charge in [-0.3, -0.25) is 0 Å². The zero-order valence-corrected chi connectivity index (χ0v) is 16.0. The number of nitrogens with zero attached hydrogens (tertiary/aromatic N) is 2. The Labute approximate surface area is 156 Å². The van der Waals surface area contributed by atoms with Crippen molar-refractivity contribution in [2.45, 2.75) is 33.7 Å². The number of aliphatic imine (C=N–C) groups is 1. The van der Waals surface area contributed by atoms with E-state index in [1.807, 2.05) is 20.0 Å². The molecule has 0 unspecified atom stereocenters. The average Bonchev–Trinajstić information content (AvgIpc) is 3.16. The van der Waals surface area contributed by atoms with Gasteiger partial charge in [0.2, 0.25) is 0 Å². The number of aromatic nitrogens is 1. The van der Waals surface area contributed by atoms with E-state index >= 15 is 0 Å². The zero-order chi connectivity index (χ0) is 18.5. The second-order valence-electron chi connectivity index (χ2n) is 6.03. The van der Waals surface area contributed by atoms with Gasteiger partial charge in [-0.05, 0) is 39.0 Å². The van der Waals surface area contributed by atoms with Crippen LogP contribution in [-0.2, 0) is 13.0 Å². The molecule has 0 amide bonds. The molecule has 0 aliphatic carbocycles. The van der Waals surface area contributed by atoms with Gasteiger partial charge in [-0.15, -0.1) is 11.3 Å². The van der Waals surface area contributed by atoms with Crippen molar-refractivity contribution in [2.24, 2.45) is 4.99 Å². The van der Waals surface area contributed by atoms with E-state index in [-0.39, 0.29) is 5.82 Å². The fourth-order valence-electron chi connectivity index (χ4n) is 2.69. The minimum Gasteiger partial charge on any atom is -0.459 e. The molecular weight excluding hydrogens is 351 g/mol. The van der Waals surface area contributed by atoms with Crippen molar-refractivity contribution in [3.8, 4) is 0 Å². The number of hydrogen-bond donors (Lipinski definition) is 2. The molecule has 0 fully saturated rings. The zero-order valence-electron chi connectivity index (χ0n) is 15.2. The minimum absolute atomic E-state index is 0.260. The lowest BCUT2D eigenvalue weighted by molar-refractivity contribution is 0.547. The quantitative estimate of drug-likeness (QED) is 0.507. The van der Waals surface area contributed by atoms with Gasteiger partial charge in [-0.25, -0.2) is 14.4 Å². The predicted molar refractivity (Wildman–Crippen MR) is 104 cm³/mol. The van der Waals surface area contributed by atoms with Crippen LogP contribution in [0.3, 0.4) is 0 Å². The second-order valence-corrected chi connectivity index (χ2v) is 7.35. The van der Waals surface area contributed by atoms with Gasteiger partial charge >= 0.3 is 0 Å². The van der Waals surface area contributed by atoms with E-state index < -0.39 is 0 Å². The van der Waals surface area contributed by atoms with E-state index in [0.29, 0.717) is 12.1 Å². The summed E-state index contributed by atoms with van der Waals surface area (Å²) in [4.78, 5) is 10.2. The summed E-state index contributed by atoms with van der Waals surface area (Å²) in [6.45, 7) is 7.93. The van der Waals surface area contributed by atoms with Crippen LogP contribution in [0.5, 0.6) is 0 Å². The summed E-state index contributed by atoms with van der Waals surface area (Å²) >= 11 is 1.71. The fourth-order valence-corrected chi connectivity index (χ4v) is 3.48. The first-order valence-electron chi connectivity index (χ1n) is 8.68. The normalized spacial score (nSPS) is 11.9. The highest BCUT2D eigenvalue weighted by molar-refractivity contribution is 7.11. The summed E-state index contributed by atoms with van der Waals surface area (Å²) in [7, 11) is 0. The second kappa shape index (κ2) is 8.31. The number of halogens is 1. The summed E-state index contributed by atoms with van der Waals surface area (Å²) in [6, 6.07) is 4.56. The standard InChI is InChI=1S/C19H23FN4OS/c1-4-21-19(22-8-7-18-23-10-12(2)26-18)24-11-17-13(3)15-9-14(20)5-6-16(15)25-17/h5-6,9-10H,4,7-8,11H2,1-3H3,(H2,21,22,24). The third kappa shape index (κ3) is 4.40. The minimum atomic E-state index is -0.260. The van der Waals surface area contributed by atoms with Crippen LogP contribution in [-0.4, -0.2) is 24.0 Å². The Balaban J connectivity index is 1.66. The molecule has 0 aliphatic heterocycles. The first kappa shape index (κ1) is 18.4. The van der Waals surface area contributed by atoms with Crippen LogP contribution in [0, 0.1) is 19.7 Å². The van der Waals surface area contributed by atoms with Gasteiger partial charge in [-0.2, -0.15) is 0 Å². The lowest BCUT2D eigenvalue weighted by Crippen LogP contribution is -2.38. The third-order valence-electron chi connectivity index (χ3n) is 4.02. The lowest BCUT2D eigenvalue weighted by atomic mass is 10.1. The highest BCUT2D eigenvalue weighted by Crippen LogP contribution is 2.26. The maximum atomic E-state index is 13.4. The van der Waals surface area contributed by atoms with Gasteiger partial charge in [0, 0.05) is 41.5 Å². The Kier molecular flexibility index (Phi) is 5.88. The van der Waals surface area contributed by atoms with E-state index in [1.165, 1.54) is 17.0 Å². The molecular formula is C19H23FN4OS. The van der Waals surface area contributed by atoms with Crippen molar-refractivity contribution in [3.05, 3.63) is 51.4 Å². The summed E-state index contributed by atoms with van der Waals surface area (Å²) in [5.74, 6) is 1.22. The smallest absolute Gasteiger partial charge is 0.191 e. The van der Waals surface area contributed by atoms with Gasteiger partial charge in [0.15, 0.2) is 5.96 Å².